The van der Waals surface area contributed by atoms with E-state index in [0.29, 0.717) is 10.7 Å². The summed E-state index contributed by atoms with van der Waals surface area (Å²) in [4.78, 5) is 12.0. The van der Waals surface area contributed by atoms with Crippen LogP contribution in [-0.4, -0.2) is 51.7 Å². The molecule has 0 unspecified atom stereocenters. The highest BCUT2D eigenvalue weighted by Crippen LogP contribution is 2.20. The number of methoxy groups -OCH3 is 1. The lowest BCUT2D eigenvalue weighted by Gasteiger charge is -2.19. The molecule has 0 spiro atoms. The van der Waals surface area contributed by atoms with E-state index < -0.39 is 10.0 Å². The molecule has 0 atom stereocenters. The lowest BCUT2D eigenvalue weighted by atomic mass is 10.2. The van der Waals surface area contributed by atoms with Gasteiger partial charge in [-0.3, -0.25) is 4.79 Å². The van der Waals surface area contributed by atoms with Crippen molar-refractivity contribution in [2.75, 3.05) is 38.4 Å². The highest BCUT2D eigenvalue weighted by molar-refractivity contribution is 7.88. The van der Waals surface area contributed by atoms with Gasteiger partial charge < -0.3 is 10.1 Å². The minimum atomic E-state index is -3.37. The zero-order chi connectivity index (χ0) is 16.8. The fourth-order valence-electron chi connectivity index (χ4n) is 1.80. The number of nitrogens with one attached hydrogen (secondary N) is 1. The van der Waals surface area contributed by atoms with Crippen LogP contribution in [0.4, 0.5) is 5.69 Å². The van der Waals surface area contributed by atoms with E-state index in [9.17, 15) is 13.2 Å². The first kappa shape index (κ1) is 18.9. The smallest absolute Gasteiger partial charge is 0.225 e. The summed E-state index contributed by atoms with van der Waals surface area (Å²) in [6, 6.07) is 5.20. The van der Waals surface area contributed by atoms with Crippen molar-refractivity contribution in [1.82, 2.24) is 4.31 Å². The van der Waals surface area contributed by atoms with Gasteiger partial charge in [-0.1, -0.05) is 17.7 Å². The van der Waals surface area contributed by atoms with Crippen LogP contribution in [0.15, 0.2) is 18.2 Å². The van der Waals surface area contributed by atoms with Gasteiger partial charge in [-0.05, 0) is 24.6 Å². The number of ether oxygens (including phenoxy) is 1. The van der Waals surface area contributed by atoms with Gasteiger partial charge in [0.15, 0.2) is 0 Å². The first-order valence-electron chi connectivity index (χ1n) is 6.74. The summed E-state index contributed by atoms with van der Waals surface area (Å²) >= 11 is 5.89. The van der Waals surface area contributed by atoms with E-state index in [1.165, 1.54) is 11.4 Å². The molecule has 6 nitrogen and oxygen atoms in total. The van der Waals surface area contributed by atoms with Gasteiger partial charge in [0.2, 0.25) is 15.9 Å². The zero-order valence-electron chi connectivity index (χ0n) is 12.9. The Labute approximate surface area is 136 Å². The SMILES string of the molecule is COCCN(CCC(=O)Nc1cc(Cl)ccc1C)S(C)(=O)=O. The van der Waals surface area contributed by atoms with E-state index in [-0.39, 0.29) is 32.0 Å². The highest BCUT2D eigenvalue weighted by Gasteiger charge is 2.17. The Balaban J connectivity index is 2.62. The molecule has 0 fully saturated rings. The number of aryl methyl sites for hydroxylation is 1. The summed E-state index contributed by atoms with van der Waals surface area (Å²) in [5.74, 6) is -0.267. The van der Waals surface area contributed by atoms with Crippen LogP contribution in [0.2, 0.25) is 5.02 Å². The first-order valence-corrected chi connectivity index (χ1v) is 8.96. The topological polar surface area (TPSA) is 75.7 Å². The first-order chi connectivity index (χ1) is 10.2. The molecule has 124 valence electrons. The van der Waals surface area contributed by atoms with Crippen molar-refractivity contribution in [3.8, 4) is 0 Å². The van der Waals surface area contributed by atoms with Crippen LogP contribution in [0.3, 0.4) is 0 Å². The predicted molar refractivity (Wildman–Crippen MR) is 87.7 cm³/mol. The minimum absolute atomic E-state index is 0.0583. The number of hydrogen-bond donors (Lipinski definition) is 1. The number of carbonyl (C=O) groups excluding carboxylic acids is 1. The van der Waals surface area contributed by atoms with Gasteiger partial charge in [0.05, 0.1) is 12.9 Å². The van der Waals surface area contributed by atoms with Crippen LogP contribution in [0.5, 0.6) is 0 Å². The third kappa shape index (κ3) is 6.31. The van der Waals surface area contributed by atoms with Crippen LogP contribution in [0, 0.1) is 6.92 Å². The van der Waals surface area contributed by atoms with Crippen LogP contribution >= 0.6 is 11.6 Å². The lowest BCUT2D eigenvalue weighted by Crippen LogP contribution is -2.35. The molecule has 0 saturated heterocycles. The number of anilines is 1. The van der Waals surface area contributed by atoms with E-state index >= 15 is 0 Å². The molecule has 0 radical (unpaired) electrons. The Morgan fingerprint density at radius 2 is 2.05 bits per heavy atom. The fourth-order valence-corrected chi connectivity index (χ4v) is 2.81. The van der Waals surface area contributed by atoms with Crippen molar-refractivity contribution in [1.29, 1.82) is 0 Å². The molecule has 0 heterocycles. The molecule has 0 saturated carbocycles. The number of hydrogen-bond acceptors (Lipinski definition) is 4. The van der Waals surface area contributed by atoms with E-state index in [4.69, 9.17) is 16.3 Å². The molecular formula is C14H21ClN2O4S. The second-order valence-corrected chi connectivity index (χ2v) is 7.33. The van der Waals surface area contributed by atoms with E-state index in [2.05, 4.69) is 5.32 Å². The Morgan fingerprint density at radius 1 is 1.36 bits per heavy atom. The molecule has 0 aromatic heterocycles. The number of nitrogens with zero attached hydrogens (tertiary/aromatic N) is 1. The van der Waals surface area contributed by atoms with Gasteiger partial charge in [-0.25, -0.2) is 8.42 Å². The molecule has 1 amide bonds. The maximum absolute atomic E-state index is 12.0. The molecule has 0 aliphatic carbocycles. The van der Waals surface area contributed by atoms with Crippen LogP contribution in [-0.2, 0) is 19.6 Å². The number of amides is 1. The summed E-state index contributed by atoms with van der Waals surface area (Å²) in [6.45, 7) is 2.46. The summed E-state index contributed by atoms with van der Waals surface area (Å²) < 4.78 is 29.4. The minimum Gasteiger partial charge on any atom is -0.383 e. The molecule has 8 heteroatoms. The molecular weight excluding hydrogens is 328 g/mol. The van der Waals surface area contributed by atoms with Crippen molar-refractivity contribution in [2.45, 2.75) is 13.3 Å². The van der Waals surface area contributed by atoms with E-state index in [1.807, 2.05) is 6.92 Å². The second-order valence-electron chi connectivity index (χ2n) is 4.91. The number of halogens is 1. The number of sulfonamides is 1. The van der Waals surface area contributed by atoms with Crippen molar-refractivity contribution < 1.29 is 17.9 Å². The number of rotatable bonds is 8. The largest absolute Gasteiger partial charge is 0.383 e. The van der Waals surface area contributed by atoms with Crippen molar-refractivity contribution in [3.63, 3.8) is 0 Å². The van der Waals surface area contributed by atoms with Crippen molar-refractivity contribution in [3.05, 3.63) is 28.8 Å². The van der Waals surface area contributed by atoms with Gasteiger partial charge in [0.1, 0.15) is 0 Å². The highest BCUT2D eigenvalue weighted by atomic mass is 35.5. The zero-order valence-corrected chi connectivity index (χ0v) is 14.5. The van der Waals surface area contributed by atoms with Crippen LogP contribution in [0.25, 0.3) is 0 Å². The average molecular weight is 349 g/mol. The standard InChI is InChI=1S/C14H21ClN2O4S/c1-11-4-5-12(15)10-13(11)16-14(18)6-7-17(8-9-21-2)22(3,19)20/h4-5,10H,6-9H2,1-3H3,(H,16,18). The maximum atomic E-state index is 12.0. The second kappa shape index (κ2) is 8.47. The number of carbonyl (C=O) groups is 1. The van der Waals surface area contributed by atoms with E-state index in [0.717, 1.165) is 11.8 Å². The summed E-state index contributed by atoms with van der Waals surface area (Å²) in [5, 5.41) is 3.26. The Bertz CT molecular complexity index is 619. The molecule has 22 heavy (non-hydrogen) atoms. The molecule has 0 aliphatic rings. The Hall–Kier alpha value is -1.15. The third-order valence-electron chi connectivity index (χ3n) is 3.08. The maximum Gasteiger partial charge on any atom is 0.225 e. The molecule has 1 rings (SSSR count). The fraction of sp³-hybridized carbons (Fsp3) is 0.500. The summed E-state index contributed by atoms with van der Waals surface area (Å²) in [7, 11) is -1.87. The monoisotopic (exact) mass is 348 g/mol. The quantitative estimate of drug-likeness (QED) is 0.778. The van der Waals surface area contributed by atoms with Gasteiger partial charge in [0.25, 0.3) is 0 Å². The normalized spacial score (nSPS) is 11.7. The van der Waals surface area contributed by atoms with Crippen LogP contribution in [0.1, 0.15) is 12.0 Å². The number of benzene rings is 1. The van der Waals surface area contributed by atoms with E-state index in [1.54, 1.807) is 18.2 Å². The van der Waals surface area contributed by atoms with Gasteiger partial charge in [0, 0.05) is 37.3 Å². The van der Waals surface area contributed by atoms with Gasteiger partial charge in [-0.15, -0.1) is 0 Å². The lowest BCUT2D eigenvalue weighted by molar-refractivity contribution is -0.116. The van der Waals surface area contributed by atoms with Crippen molar-refractivity contribution >= 4 is 33.2 Å². The summed E-state index contributed by atoms with van der Waals surface area (Å²) in [5.41, 5.74) is 1.51. The molecule has 0 aliphatic heterocycles. The van der Waals surface area contributed by atoms with Gasteiger partial charge >= 0.3 is 0 Å². The molecule has 1 aromatic carbocycles. The predicted octanol–water partition coefficient (Wildman–Crippen LogP) is 1.89. The molecule has 1 aromatic rings. The third-order valence-corrected chi connectivity index (χ3v) is 4.61. The Kier molecular flexibility index (Phi) is 7.28. The summed E-state index contributed by atoms with van der Waals surface area (Å²) in [6.07, 6.45) is 1.17. The average Bonchev–Trinajstić information content (AvgIpc) is 2.41. The van der Waals surface area contributed by atoms with Crippen molar-refractivity contribution in [2.24, 2.45) is 0 Å². The Morgan fingerprint density at radius 3 is 2.64 bits per heavy atom. The molecule has 1 N–H and O–H groups in total. The molecule has 0 bridgehead atoms. The van der Waals surface area contributed by atoms with Crippen LogP contribution < -0.4 is 5.32 Å². The van der Waals surface area contributed by atoms with Gasteiger partial charge in [-0.2, -0.15) is 4.31 Å².